The number of aromatic nitrogens is 2. The number of likely N-dealkylation sites (tertiary alicyclic amines) is 1. The van der Waals surface area contributed by atoms with Crippen LogP contribution >= 0.6 is 0 Å². The summed E-state index contributed by atoms with van der Waals surface area (Å²) in [5, 5.41) is 49.4. The summed E-state index contributed by atoms with van der Waals surface area (Å²) >= 11 is 0. The molecule has 14 nitrogen and oxygen atoms in total. The lowest BCUT2D eigenvalue weighted by Gasteiger charge is -2.40. The third kappa shape index (κ3) is 9.90. The molecule has 1 unspecified atom stereocenters. The van der Waals surface area contributed by atoms with Gasteiger partial charge in [-0.15, -0.1) is 0 Å². The Hall–Kier alpha value is -7.17. The second-order valence-corrected chi connectivity index (χ2v) is 17.8. The van der Waals surface area contributed by atoms with Gasteiger partial charge in [0.1, 0.15) is 5.82 Å². The summed E-state index contributed by atoms with van der Waals surface area (Å²) in [6.45, 7) is 5.98. The maximum Gasteiger partial charge on any atom is 0.255 e. The van der Waals surface area contributed by atoms with Crippen LogP contribution < -0.4 is 10.6 Å². The predicted molar refractivity (Wildman–Crippen MR) is 255 cm³/mol. The van der Waals surface area contributed by atoms with Gasteiger partial charge in [0, 0.05) is 43.8 Å². The summed E-state index contributed by atoms with van der Waals surface area (Å²) in [6, 6.07) is 32.0. The minimum Gasteiger partial charge on any atom is -0.380 e. The van der Waals surface area contributed by atoms with E-state index in [1.807, 2.05) is 85.8 Å². The number of aliphatic hydroxyl groups excluding tert-OH is 4. The second-order valence-electron chi connectivity index (χ2n) is 17.8. The molecule has 15 heteroatoms. The summed E-state index contributed by atoms with van der Waals surface area (Å²) in [5.74, 6) is -3.83. The standard InChI is InChI=1S/C54H55FN6O8/c1-4-54(24-6-28-61(54)53(69)49(65)47(63)51(67)59-32(2)34-9-13-36(14-10-34)37-21-25-56-26-22-37)41-19-17-38(18-20-41)42-8-5-7-40-30-60(31-44(40)42)52(68)48(64)46(62)50(66)58-33(3)35-11-15-39(16-12-35)43-23-27-57-29-45(43)55/h5,7-23,25-27,29,32-33,46-49,62-65H,4,6,24,28,30-31H2,1-3H3,(H,58,66)(H,59,67)/t32-,33-,46-,47-,48-,49-,54?/m1/s1. The van der Waals surface area contributed by atoms with Gasteiger partial charge in [-0.3, -0.25) is 29.1 Å². The zero-order valence-corrected chi connectivity index (χ0v) is 38.5. The van der Waals surface area contributed by atoms with E-state index >= 15 is 0 Å². The fourth-order valence-corrected chi connectivity index (χ4v) is 9.62. The van der Waals surface area contributed by atoms with Crippen molar-refractivity contribution in [1.82, 2.24) is 30.4 Å². The molecule has 0 spiro atoms. The highest BCUT2D eigenvalue weighted by atomic mass is 19.1. The van der Waals surface area contributed by atoms with E-state index in [0.717, 1.165) is 50.7 Å². The van der Waals surface area contributed by atoms with Crippen molar-refractivity contribution in [3.8, 4) is 33.4 Å². The Kier molecular flexibility index (Phi) is 14.4. The number of halogens is 1. The highest BCUT2D eigenvalue weighted by Crippen LogP contribution is 2.43. The lowest BCUT2D eigenvalue weighted by Crippen LogP contribution is -2.54. The summed E-state index contributed by atoms with van der Waals surface area (Å²) in [6.07, 6.45) is -0.312. The van der Waals surface area contributed by atoms with Gasteiger partial charge >= 0.3 is 0 Å². The van der Waals surface area contributed by atoms with Crippen molar-refractivity contribution < 1.29 is 44.0 Å². The number of hydrogen-bond acceptors (Lipinski definition) is 10. The first-order valence-electron chi connectivity index (χ1n) is 23.1. The highest BCUT2D eigenvalue weighted by molar-refractivity contribution is 5.92. The zero-order chi connectivity index (χ0) is 49.0. The molecule has 6 aromatic rings. The Balaban J connectivity index is 0.884. The lowest BCUT2D eigenvalue weighted by atomic mass is 9.83. The number of carbonyl (C=O) groups is 4. The van der Waals surface area contributed by atoms with Crippen LogP contribution in [0.25, 0.3) is 33.4 Å². The van der Waals surface area contributed by atoms with Gasteiger partial charge in [0.15, 0.2) is 24.4 Å². The van der Waals surface area contributed by atoms with E-state index in [1.165, 1.54) is 11.1 Å². The molecule has 2 aromatic heterocycles. The van der Waals surface area contributed by atoms with Crippen molar-refractivity contribution in [2.45, 2.75) is 95.2 Å². The maximum absolute atomic E-state index is 14.2. The van der Waals surface area contributed by atoms with Crippen molar-refractivity contribution in [3.63, 3.8) is 0 Å². The number of amides is 4. The van der Waals surface area contributed by atoms with E-state index in [-0.39, 0.29) is 13.1 Å². The molecule has 6 N–H and O–H groups in total. The SMILES string of the molecule is CCC1(c2ccc(-c3cccc4c3CN(C(=O)[C@H](O)[C@@H](O)C(=O)N[C@H](C)c3ccc(-c5ccncc5F)cc3)C4)cc2)CCCN1C(=O)[C@H](O)[C@@H](O)C(=O)N[C@H](C)c1ccc(-c2ccncc2)cc1. The van der Waals surface area contributed by atoms with Gasteiger partial charge in [-0.25, -0.2) is 4.39 Å². The van der Waals surface area contributed by atoms with Crippen LogP contribution in [0.1, 0.15) is 79.9 Å². The number of nitrogens with one attached hydrogen (secondary N) is 2. The van der Waals surface area contributed by atoms with Gasteiger partial charge in [-0.2, -0.15) is 0 Å². The smallest absolute Gasteiger partial charge is 0.255 e. The van der Waals surface area contributed by atoms with E-state index in [2.05, 4.69) is 20.6 Å². The molecule has 4 heterocycles. The third-order valence-electron chi connectivity index (χ3n) is 13.6. The van der Waals surface area contributed by atoms with Crippen molar-refractivity contribution in [2.75, 3.05) is 6.54 Å². The number of benzene rings is 4. The molecule has 1 saturated heterocycles. The van der Waals surface area contributed by atoms with Crippen molar-refractivity contribution in [2.24, 2.45) is 0 Å². The van der Waals surface area contributed by atoms with Gasteiger partial charge in [0.05, 0.1) is 23.8 Å². The number of carbonyl (C=O) groups excluding carboxylic acids is 4. The van der Waals surface area contributed by atoms with Crippen LogP contribution in [0.3, 0.4) is 0 Å². The predicted octanol–water partition coefficient (Wildman–Crippen LogP) is 5.89. The van der Waals surface area contributed by atoms with E-state index in [1.54, 1.807) is 61.5 Å². The van der Waals surface area contributed by atoms with E-state index in [4.69, 9.17) is 0 Å². The molecular weight excluding hydrogens is 880 g/mol. The summed E-state index contributed by atoms with van der Waals surface area (Å²) in [7, 11) is 0. The largest absolute Gasteiger partial charge is 0.380 e. The summed E-state index contributed by atoms with van der Waals surface area (Å²) in [5.41, 5.74) is 7.73. The quantitative estimate of drug-likeness (QED) is 0.0721. The minimum atomic E-state index is -2.05. The van der Waals surface area contributed by atoms with Crippen molar-refractivity contribution >= 4 is 23.6 Å². The number of aliphatic hydroxyl groups is 4. The molecular formula is C54H55FN6O8. The molecule has 0 radical (unpaired) electrons. The molecule has 0 bridgehead atoms. The molecule has 69 heavy (non-hydrogen) atoms. The van der Waals surface area contributed by atoms with E-state index in [9.17, 15) is 44.0 Å². The normalized spacial score (nSPS) is 18.1. The fourth-order valence-electron chi connectivity index (χ4n) is 9.62. The van der Waals surface area contributed by atoms with Crippen LogP contribution in [0.2, 0.25) is 0 Å². The Morgan fingerprint density at radius 1 is 0.638 bits per heavy atom. The number of hydrogen-bond donors (Lipinski definition) is 6. The average Bonchev–Trinajstić information content (AvgIpc) is 4.04. The van der Waals surface area contributed by atoms with Crippen LogP contribution in [-0.4, -0.2) is 94.8 Å². The number of rotatable bonds is 15. The first kappa shape index (κ1) is 48.3. The molecule has 356 valence electrons. The maximum atomic E-state index is 14.2. The number of fused-ring (bicyclic) bond motifs is 1. The van der Waals surface area contributed by atoms with Crippen LogP contribution in [0.4, 0.5) is 4.39 Å². The van der Waals surface area contributed by atoms with Gasteiger partial charge in [-0.1, -0.05) is 97.9 Å². The second kappa shape index (κ2) is 20.6. The van der Waals surface area contributed by atoms with Crippen LogP contribution in [0, 0.1) is 5.82 Å². The number of nitrogens with zero attached hydrogens (tertiary/aromatic N) is 4. The molecule has 4 aromatic carbocycles. The molecule has 8 rings (SSSR count). The Bertz CT molecular complexity index is 2810. The molecule has 7 atom stereocenters. The van der Waals surface area contributed by atoms with Crippen LogP contribution in [0.5, 0.6) is 0 Å². The monoisotopic (exact) mass is 934 g/mol. The van der Waals surface area contributed by atoms with Crippen LogP contribution in [0.15, 0.2) is 134 Å². The van der Waals surface area contributed by atoms with Gasteiger partial charge < -0.3 is 40.9 Å². The zero-order valence-electron chi connectivity index (χ0n) is 38.5. The van der Waals surface area contributed by atoms with Gasteiger partial charge in [0.2, 0.25) is 0 Å². The first-order chi connectivity index (χ1) is 33.2. The van der Waals surface area contributed by atoms with Gasteiger partial charge in [0.25, 0.3) is 23.6 Å². The Labute approximate surface area is 399 Å². The molecule has 2 aliphatic rings. The molecule has 1 fully saturated rings. The Morgan fingerprint density at radius 2 is 1.17 bits per heavy atom. The topological polar surface area (TPSA) is 206 Å². The van der Waals surface area contributed by atoms with Crippen molar-refractivity contribution in [1.29, 1.82) is 0 Å². The molecule has 0 saturated carbocycles. The summed E-state index contributed by atoms with van der Waals surface area (Å²) < 4.78 is 14.2. The minimum absolute atomic E-state index is 0.116. The van der Waals surface area contributed by atoms with Crippen molar-refractivity contribution in [3.05, 3.63) is 168 Å². The Morgan fingerprint density at radius 3 is 1.77 bits per heavy atom. The molecule has 4 amide bonds. The van der Waals surface area contributed by atoms with Gasteiger partial charge in [-0.05, 0) is 107 Å². The first-order valence-corrected chi connectivity index (χ1v) is 23.1. The number of pyridine rings is 2. The highest BCUT2D eigenvalue weighted by Gasteiger charge is 2.47. The summed E-state index contributed by atoms with van der Waals surface area (Å²) in [4.78, 5) is 64.7. The lowest BCUT2D eigenvalue weighted by molar-refractivity contribution is -0.157. The molecule has 2 aliphatic heterocycles. The fraction of sp³-hybridized carbons (Fsp3) is 0.296. The van der Waals surface area contributed by atoms with E-state index < -0.39 is 71.5 Å². The van der Waals surface area contributed by atoms with E-state index in [0.29, 0.717) is 42.5 Å². The van der Waals surface area contributed by atoms with Crippen LogP contribution in [-0.2, 0) is 37.8 Å². The third-order valence-corrected chi connectivity index (χ3v) is 13.6. The molecule has 0 aliphatic carbocycles. The average molecular weight is 935 g/mol.